The van der Waals surface area contributed by atoms with Crippen molar-refractivity contribution in [2.24, 2.45) is 7.05 Å². The summed E-state index contributed by atoms with van der Waals surface area (Å²) in [5.74, 6) is 0.918. The highest BCUT2D eigenvalue weighted by molar-refractivity contribution is 6.31. The Morgan fingerprint density at radius 1 is 1.50 bits per heavy atom. The minimum Gasteiger partial charge on any atom is -0.496 e. The SMILES string of the molecule is COc1ccc(Cl)cc1C(=O)Nc1c2c(nn1C)CCNC2. The van der Waals surface area contributed by atoms with Gasteiger partial charge in [0.1, 0.15) is 11.6 Å². The Morgan fingerprint density at radius 3 is 3.09 bits per heavy atom. The lowest BCUT2D eigenvalue weighted by Gasteiger charge is -2.14. The first-order valence-corrected chi connectivity index (χ1v) is 7.38. The Labute approximate surface area is 133 Å². The average Bonchev–Trinajstić information content (AvgIpc) is 2.83. The molecule has 0 bridgehead atoms. The highest BCUT2D eigenvalue weighted by atomic mass is 35.5. The second-order valence-electron chi connectivity index (χ2n) is 5.12. The van der Waals surface area contributed by atoms with Crippen LogP contribution in [0.4, 0.5) is 5.82 Å². The normalized spacial score (nSPS) is 13.6. The number of aromatic nitrogens is 2. The largest absolute Gasteiger partial charge is 0.496 e. The van der Waals surface area contributed by atoms with Gasteiger partial charge in [-0.15, -0.1) is 0 Å². The smallest absolute Gasteiger partial charge is 0.260 e. The molecule has 2 N–H and O–H groups in total. The van der Waals surface area contributed by atoms with E-state index in [-0.39, 0.29) is 5.91 Å². The van der Waals surface area contributed by atoms with E-state index >= 15 is 0 Å². The Hall–Kier alpha value is -2.05. The summed E-state index contributed by atoms with van der Waals surface area (Å²) in [7, 11) is 3.35. The molecule has 1 aliphatic heterocycles. The fourth-order valence-electron chi connectivity index (χ4n) is 2.62. The van der Waals surface area contributed by atoms with E-state index in [1.807, 2.05) is 7.05 Å². The van der Waals surface area contributed by atoms with E-state index in [9.17, 15) is 4.79 Å². The zero-order chi connectivity index (χ0) is 15.7. The molecule has 2 aromatic rings. The van der Waals surface area contributed by atoms with Crippen LogP contribution in [0.3, 0.4) is 0 Å². The maximum atomic E-state index is 12.6. The summed E-state index contributed by atoms with van der Waals surface area (Å²) in [6.07, 6.45) is 0.861. The lowest BCUT2D eigenvalue weighted by molar-refractivity contribution is 0.102. The topological polar surface area (TPSA) is 68.2 Å². The Bertz CT molecular complexity index is 727. The number of amides is 1. The van der Waals surface area contributed by atoms with Crippen LogP contribution in [-0.4, -0.2) is 29.3 Å². The van der Waals surface area contributed by atoms with Crippen molar-refractivity contribution < 1.29 is 9.53 Å². The standard InChI is InChI=1S/C15H17ClN4O2/c1-20-14(11-8-17-6-5-12(11)19-20)18-15(21)10-7-9(16)3-4-13(10)22-2/h3-4,7,17H,5-6,8H2,1-2H3,(H,18,21). The fourth-order valence-corrected chi connectivity index (χ4v) is 2.79. The molecule has 0 saturated heterocycles. The first kappa shape index (κ1) is 14.9. The summed E-state index contributed by atoms with van der Waals surface area (Å²) < 4.78 is 6.93. The lowest BCUT2D eigenvalue weighted by atomic mass is 10.1. The van der Waals surface area contributed by atoms with Gasteiger partial charge >= 0.3 is 0 Å². The molecule has 2 heterocycles. The number of methoxy groups -OCH3 is 1. The summed E-state index contributed by atoms with van der Waals surface area (Å²) in [6.45, 7) is 1.60. The molecular formula is C15H17ClN4O2. The molecule has 6 nitrogen and oxygen atoms in total. The number of halogens is 1. The van der Waals surface area contributed by atoms with Gasteiger partial charge in [0.15, 0.2) is 0 Å². The van der Waals surface area contributed by atoms with Gasteiger partial charge in [0.2, 0.25) is 0 Å². The van der Waals surface area contributed by atoms with Gasteiger partial charge in [-0.25, -0.2) is 0 Å². The maximum Gasteiger partial charge on any atom is 0.260 e. The third kappa shape index (κ3) is 2.67. The zero-order valence-corrected chi connectivity index (χ0v) is 13.2. The molecule has 1 aromatic carbocycles. The van der Waals surface area contributed by atoms with Crippen molar-refractivity contribution in [1.82, 2.24) is 15.1 Å². The molecule has 0 saturated carbocycles. The van der Waals surface area contributed by atoms with Crippen LogP contribution in [0, 0.1) is 0 Å². The second kappa shape index (κ2) is 5.98. The van der Waals surface area contributed by atoms with Crippen LogP contribution >= 0.6 is 11.6 Å². The van der Waals surface area contributed by atoms with Gasteiger partial charge in [-0.1, -0.05) is 11.6 Å². The van der Waals surface area contributed by atoms with E-state index in [1.54, 1.807) is 22.9 Å². The summed E-state index contributed by atoms with van der Waals surface area (Å²) >= 11 is 5.98. The molecule has 0 fully saturated rings. The molecule has 0 unspecified atom stereocenters. The lowest BCUT2D eigenvalue weighted by Crippen LogP contribution is -2.24. The maximum absolute atomic E-state index is 12.6. The minimum absolute atomic E-state index is 0.268. The van der Waals surface area contributed by atoms with Crippen LogP contribution in [0.25, 0.3) is 0 Å². The average molecular weight is 321 g/mol. The molecule has 0 atom stereocenters. The van der Waals surface area contributed by atoms with Gasteiger partial charge < -0.3 is 15.4 Å². The predicted octanol–water partition coefficient (Wildman–Crippen LogP) is 1.98. The summed E-state index contributed by atoms with van der Waals surface area (Å²) in [4.78, 5) is 12.6. The minimum atomic E-state index is -0.268. The highest BCUT2D eigenvalue weighted by Gasteiger charge is 2.22. The molecule has 7 heteroatoms. The monoisotopic (exact) mass is 320 g/mol. The molecular weight excluding hydrogens is 304 g/mol. The van der Waals surface area contributed by atoms with E-state index in [2.05, 4.69) is 15.7 Å². The van der Waals surface area contributed by atoms with Crippen LogP contribution < -0.4 is 15.4 Å². The van der Waals surface area contributed by atoms with E-state index in [0.29, 0.717) is 28.7 Å². The highest BCUT2D eigenvalue weighted by Crippen LogP contribution is 2.26. The third-order valence-corrected chi connectivity index (χ3v) is 3.94. The number of anilines is 1. The van der Waals surface area contributed by atoms with Gasteiger partial charge in [-0.05, 0) is 18.2 Å². The van der Waals surface area contributed by atoms with Crippen LogP contribution in [0.2, 0.25) is 5.02 Å². The number of benzene rings is 1. The first-order valence-electron chi connectivity index (χ1n) is 7.00. The van der Waals surface area contributed by atoms with Gasteiger partial charge in [0.25, 0.3) is 5.91 Å². The van der Waals surface area contributed by atoms with Crippen molar-refractivity contribution in [3.63, 3.8) is 0 Å². The predicted molar refractivity (Wildman–Crippen MR) is 84.6 cm³/mol. The van der Waals surface area contributed by atoms with E-state index in [0.717, 1.165) is 24.2 Å². The molecule has 0 spiro atoms. The van der Waals surface area contributed by atoms with Gasteiger partial charge in [-0.2, -0.15) is 5.10 Å². The Balaban J connectivity index is 1.92. The van der Waals surface area contributed by atoms with Crippen molar-refractivity contribution in [3.8, 4) is 5.75 Å². The summed E-state index contributed by atoms with van der Waals surface area (Å²) in [5.41, 5.74) is 2.45. The van der Waals surface area contributed by atoms with Crippen molar-refractivity contribution >= 4 is 23.3 Å². The van der Waals surface area contributed by atoms with Gasteiger partial charge in [0, 0.05) is 37.1 Å². The number of hydrogen-bond acceptors (Lipinski definition) is 4. The zero-order valence-electron chi connectivity index (χ0n) is 12.4. The summed E-state index contributed by atoms with van der Waals surface area (Å²) in [6, 6.07) is 4.96. The quantitative estimate of drug-likeness (QED) is 0.907. The molecule has 116 valence electrons. The number of aryl methyl sites for hydroxylation is 1. The third-order valence-electron chi connectivity index (χ3n) is 3.71. The number of ether oxygens (including phenoxy) is 1. The molecule has 0 aliphatic carbocycles. The van der Waals surface area contributed by atoms with Crippen LogP contribution in [-0.2, 0) is 20.0 Å². The van der Waals surface area contributed by atoms with Crippen molar-refractivity contribution in [2.75, 3.05) is 19.0 Å². The van der Waals surface area contributed by atoms with Crippen molar-refractivity contribution in [1.29, 1.82) is 0 Å². The first-order chi connectivity index (χ1) is 10.6. The number of nitrogens with one attached hydrogen (secondary N) is 2. The van der Waals surface area contributed by atoms with E-state index < -0.39 is 0 Å². The van der Waals surface area contributed by atoms with Gasteiger partial charge in [-0.3, -0.25) is 9.48 Å². The number of carbonyl (C=O) groups excluding carboxylic acids is 1. The van der Waals surface area contributed by atoms with Crippen LogP contribution in [0.5, 0.6) is 5.75 Å². The summed E-state index contributed by atoms with van der Waals surface area (Å²) in [5, 5.41) is 11.2. The number of carbonyl (C=O) groups is 1. The second-order valence-corrected chi connectivity index (χ2v) is 5.56. The molecule has 3 rings (SSSR count). The van der Waals surface area contributed by atoms with Crippen LogP contribution in [0.1, 0.15) is 21.6 Å². The molecule has 0 radical (unpaired) electrons. The van der Waals surface area contributed by atoms with E-state index in [1.165, 1.54) is 7.11 Å². The number of hydrogen-bond donors (Lipinski definition) is 2. The van der Waals surface area contributed by atoms with Crippen molar-refractivity contribution in [3.05, 3.63) is 40.0 Å². The Kier molecular flexibility index (Phi) is 4.04. The fraction of sp³-hybridized carbons (Fsp3) is 0.333. The molecule has 22 heavy (non-hydrogen) atoms. The van der Waals surface area contributed by atoms with Gasteiger partial charge in [0.05, 0.1) is 18.4 Å². The number of nitrogens with zero attached hydrogens (tertiary/aromatic N) is 2. The number of fused-ring (bicyclic) bond motifs is 1. The Morgan fingerprint density at radius 2 is 2.32 bits per heavy atom. The van der Waals surface area contributed by atoms with Crippen LogP contribution in [0.15, 0.2) is 18.2 Å². The van der Waals surface area contributed by atoms with Crippen molar-refractivity contribution in [2.45, 2.75) is 13.0 Å². The van der Waals surface area contributed by atoms with E-state index in [4.69, 9.17) is 16.3 Å². The molecule has 1 aromatic heterocycles. The molecule has 1 amide bonds. The number of rotatable bonds is 3. The molecule has 1 aliphatic rings.